The smallest absolute Gasteiger partial charge is 0.127 e. The van der Waals surface area contributed by atoms with Gasteiger partial charge in [0.2, 0.25) is 0 Å². The molecule has 0 atom stereocenters. The lowest BCUT2D eigenvalue weighted by molar-refractivity contribution is 0.348. The highest BCUT2D eigenvalue weighted by Crippen LogP contribution is 2.15. The number of nitrogens with one attached hydrogen (secondary N) is 2. The van der Waals surface area contributed by atoms with Crippen molar-refractivity contribution in [3.8, 4) is 0 Å². The molecule has 100 valence electrons. The molecule has 2 N–H and O–H groups in total. The highest BCUT2D eigenvalue weighted by atomic mass is 19.1. The summed E-state index contributed by atoms with van der Waals surface area (Å²) in [6.45, 7) is 3.46. The zero-order chi connectivity index (χ0) is 12.8. The summed E-state index contributed by atoms with van der Waals surface area (Å²) < 4.78 is 26.3. The molecule has 0 aromatic heterocycles. The molecule has 4 heteroatoms. The highest BCUT2D eigenvalue weighted by Gasteiger charge is 2.12. The predicted molar refractivity (Wildman–Crippen MR) is 68.3 cm³/mol. The van der Waals surface area contributed by atoms with Gasteiger partial charge in [-0.3, -0.25) is 0 Å². The summed E-state index contributed by atoms with van der Waals surface area (Å²) in [6, 6.07) is 3.58. The molecule has 1 aromatic rings. The molecular formula is C14H20F2N2. The average molecular weight is 254 g/mol. The molecule has 1 fully saturated rings. The number of hydrogen-bond acceptors (Lipinski definition) is 2. The van der Waals surface area contributed by atoms with Crippen molar-refractivity contribution in [1.82, 2.24) is 10.6 Å². The monoisotopic (exact) mass is 254 g/mol. The molecule has 1 aliphatic rings. The summed E-state index contributed by atoms with van der Waals surface area (Å²) in [5, 5.41) is 6.52. The van der Waals surface area contributed by atoms with Gasteiger partial charge in [-0.2, -0.15) is 0 Å². The average Bonchev–Trinajstić information content (AvgIpc) is 2.40. The Bertz CT molecular complexity index is 376. The SMILES string of the molecule is Fc1ccc(F)c(CNCCC2CCNCC2)c1. The minimum atomic E-state index is -0.383. The minimum Gasteiger partial charge on any atom is -0.317 e. The Morgan fingerprint density at radius 1 is 1.22 bits per heavy atom. The van der Waals surface area contributed by atoms with Crippen LogP contribution in [0.25, 0.3) is 0 Å². The molecule has 1 saturated heterocycles. The van der Waals surface area contributed by atoms with Crippen molar-refractivity contribution in [3.05, 3.63) is 35.4 Å². The van der Waals surface area contributed by atoms with E-state index in [0.29, 0.717) is 12.1 Å². The molecule has 0 bridgehead atoms. The molecule has 1 aromatic carbocycles. The van der Waals surface area contributed by atoms with Crippen molar-refractivity contribution >= 4 is 0 Å². The predicted octanol–water partition coefficient (Wildman–Crippen LogP) is 2.44. The van der Waals surface area contributed by atoms with E-state index in [1.165, 1.54) is 25.0 Å². The Balaban J connectivity index is 1.69. The summed E-state index contributed by atoms with van der Waals surface area (Å²) in [4.78, 5) is 0. The number of hydrogen-bond donors (Lipinski definition) is 2. The molecule has 0 amide bonds. The Morgan fingerprint density at radius 3 is 2.78 bits per heavy atom. The van der Waals surface area contributed by atoms with Crippen LogP contribution in [0.2, 0.25) is 0 Å². The Morgan fingerprint density at radius 2 is 2.00 bits per heavy atom. The second-order valence-corrected chi connectivity index (χ2v) is 4.89. The first kappa shape index (κ1) is 13.4. The van der Waals surface area contributed by atoms with E-state index in [2.05, 4.69) is 10.6 Å². The lowest BCUT2D eigenvalue weighted by Gasteiger charge is -2.22. The first-order valence-electron chi connectivity index (χ1n) is 6.61. The zero-order valence-electron chi connectivity index (χ0n) is 10.5. The first-order chi connectivity index (χ1) is 8.75. The fourth-order valence-electron chi connectivity index (χ4n) is 2.38. The van der Waals surface area contributed by atoms with Crippen LogP contribution in [0, 0.1) is 17.6 Å². The molecule has 0 unspecified atom stereocenters. The summed E-state index contributed by atoms with van der Waals surface area (Å²) in [5.41, 5.74) is 0.403. The van der Waals surface area contributed by atoms with Crippen LogP contribution >= 0.6 is 0 Å². The van der Waals surface area contributed by atoms with Gasteiger partial charge in [0.05, 0.1) is 0 Å². The quantitative estimate of drug-likeness (QED) is 0.789. The fraction of sp³-hybridized carbons (Fsp3) is 0.571. The summed E-state index contributed by atoms with van der Waals surface area (Å²) in [5.74, 6) is 0.0356. The van der Waals surface area contributed by atoms with Gasteiger partial charge in [0, 0.05) is 12.1 Å². The molecule has 0 radical (unpaired) electrons. The minimum absolute atomic E-state index is 0.342. The standard InChI is InChI=1S/C14H20F2N2/c15-13-1-2-14(16)12(9-13)10-18-8-5-11-3-6-17-7-4-11/h1-2,9,11,17-18H,3-8,10H2. The molecule has 2 rings (SSSR count). The van der Waals surface area contributed by atoms with Gasteiger partial charge >= 0.3 is 0 Å². The van der Waals surface area contributed by atoms with Gasteiger partial charge in [0.1, 0.15) is 11.6 Å². The van der Waals surface area contributed by atoms with E-state index in [1.54, 1.807) is 0 Å². The van der Waals surface area contributed by atoms with E-state index >= 15 is 0 Å². The summed E-state index contributed by atoms with van der Waals surface area (Å²) in [6.07, 6.45) is 3.55. The van der Waals surface area contributed by atoms with Gasteiger partial charge in [0.15, 0.2) is 0 Å². The van der Waals surface area contributed by atoms with Crippen molar-refractivity contribution < 1.29 is 8.78 Å². The maximum Gasteiger partial charge on any atom is 0.127 e. The number of benzene rings is 1. The van der Waals surface area contributed by atoms with Crippen LogP contribution in [-0.2, 0) is 6.54 Å². The normalized spacial score (nSPS) is 17.0. The van der Waals surface area contributed by atoms with Crippen LogP contribution in [0.1, 0.15) is 24.8 Å². The Kier molecular flexibility index (Phi) is 5.08. The molecule has 0 aliphatic carbocycles. The third kappa shape index (κ3) is 4.03. The second-order valence-electron chi connectivity index (χ2n) is 4.89. The van der Waals surface area contributed by atoms with Crippen LogP contribution in [0.15, 0.2) is 18.2 Å². The third-order valence-corrected chi connectivity index (χ3v) is 3.51. The summed E-state index contributed by atoms with van der Waals surface area (Å²) >= 11 is 0. The maximum absolute atomic E-state index is 13.3. The van der Waals surface area contributed by atoms with Crippen LogP contribution < -0.4 is 10.6 Å². The molecule has 0 saturated carbocycles. The highest BCUT2D eigenvalue weighted by molar-refractivity contribution is 5.18. The topological polar surface area (TPSA) is 24.1 Å². The van der Waals surface area contributed by atoms with Gasteiger partial charge in [-0.1, -0.05) is 0 Å². The molecular weight excluding hydrogens is 234 g/mol. The maximum atomic E-state index is 13.3. The van der Waals surface area contributed by atoms with Crippen LogP contribution in [-0.4, -0.2) is 19.6 Å². The Hall–Kier alpha value is -1.00. The molecule has 18 heavy (non-hydrogen) atoms. The molecule has 2 nitrogen and oxygen atoms in total. The van der Waals surface area contributed by atoms with Crippen LogP contribution in [0.4, 0.5) is 8.78 Å². The van der Waals surface area contributed by atoms with E-state index < -0.39 is 0 Å². The van der Waals surface area contributed by atoms with Crippen LogP contribution in [0.5, 0.6) is 0 Å². The van der Waals surface area contributed by atoms with Gasteiger partial charge in [-0.25, -0.2) is 8.78 Å². The van der Waals surface area contributed by atoms with E-state index in [1.807, 2.05) is 0 Å². The van der Waals surface area contributed by atoms with Gasteiger partial charge < -0.3 is 10.6 Å². The number of piperidine rings is 1. The lowest BCUT2D eigenvalue weighted by Crippen LogP contribution is -2.29. The zero-order valence-corrected chi connectivity index (χ0v) is 10.5. The third-order valence-electron chi connectivity index (χ3n) is 3.51. The largest absolute Gasteiger partial charge is 0.317 e. The molecule has 1 aliphatic heterocycles. The summed E-state index contributed by atoms with van der Waals surface area (Å²) in [7, 11) is 0. The van der Waals surface area contributed by atoms with Crippen molar-refractivity contribution in [2.75, 3.05) is 19.6 Å². The first-order valence-corrected chi connectivity index (χ1v) is 6.61. The Labute approximate surface area is 107 Å². The van der Waals surface area contributed by atoms with Gasteiger partial charge in [-0.15, -0.1) is 0 Å². The number of rotatable bonds is 5. The van der Waals surface area contributed by atoms with Gasteiger partial charge in [0.25, 0.3) is 0 Å². The van der Waals surface area contributed by atoms with Gasteiger partial charge in [-0.05, 0) is 63.0 Å². The van der Waals surface area contributed by atoms with E-state index in [9.17, 15) is 8.78 Å². The van der Waals surface area contributed by atoms with Crippen molar-refractivity contribution in [1.29, 1.82) is 0 Å². The lowest BCUT2D eigenvalue weighted by atomic mass is 9.95. The molecule has 0 spiro atoms. The van der Waals surface area contributed by atoms with Crippen molar-refractivity contribution in [2.24, 2.45) is 5.92 Å². The van der Waals surface area contributed by atoms with Crippen LogP contribution in [0.3, 0.4) is 0 Å². The van der Waals surface area contributed by atoms with Crippen molar-refractivity contribution in [2.45, 2.75) is 25.8 Å². The molecule has 1 heterocycles. The van der Waals surface area contributed by atoms with E-state index in [-0.39, 0.29) is 11.6 Å². The van der Waals surface area contributed by atoms with Crippen molar-refractivity contribution in [3.63, 3.8) is 0 Å². The second kappa shape index (κ2) is 6.81. The number of halogens is 2. The fourth-order valence-corrected chi connectivity index (χ4v) is 2.38. The van der Waals surface area contributed by atoms with E-state index in [0.717, 1.165) is 38.0 Å². The van der Waals surface area contributed by atoms with E-state index in [4.69, 9.17) is 0 Å².